The molecule has 0 aliphatic heterocycles. The maximum absolute atomic E-state index is 12.3. The molecule has 3 amide bonds. The van der Waals surface area contributed by atoms with E-state index in [2.05, 4.69) is 16.0 Å². The van der Waals surface area contributed by atoms with E-state index in [0.29, 0.717) is 17.8 Å². The predicted molar refractivity (Wildman–Crippen MR) is 101 cm³/mol. The molecule has 26 heavy (non-hydrogen) atoms. The van der Waals surface area contributed by atoms with Gasteiger partial charge in [0.25, 0.3) is 0 Å². The Kier molecular flexibility index (Phi) is 5.02. The molecule has 1 aliphatic rings. The van der Waals surface area contributed by atoms with Gasteiger partial charge in [0.1, 0.15) is 0 Å². The van der Waals surface area contributed by atoms with Crippen LogP contribution in [0.4, 0.5) is 17.1 Å². The first kappa shape index (κ1) is 17.7. The van der Waals surface area contributed by atoms with Crippen LogP contribution in [0.5, 0.6) is 0 Å². The third-order valence-electron chi connectivity index (χ3n) is 4.26. The van der Waals surface area contributed by atoms with Gasteiger partial charge in [0, 0.05) is 24.0 Å². The van der Waals surface area contributed by atoms with Gasteiger partial charge in [-0.1, -0.05) is 17.7 Å². The molecule has 0 saturated heterocycles. The molecule has 2 atom stereocenters. The van der Waals surface area contributed by atoms with Crippen LogP contribution in [0.3, 0.4) is 0 Å². The summed E-state index contributed by atoms with van der Waals surface area (Å²) < 4.78 is 0. The van der Waals surface area contributed by atoms with Crippen LogP contribution in [0.1, 0.15) is 18.9 Å². The second kappa shape index (κ2) is 7.39. The molecule has 1 aliphatic carbocycles. The Labute approximate surface area is 152 Å². The lowest BCUT2D eigenvalue weighted by Crippen LogP contribution is -2.20. The highest BCUT2D eigenvalue weighted by Crippen LogP contribution is 2.40. The lowest BCUT2D eigenvalue weighted by atomic mass is 10.2. The highest BCUT2D eigenvalue weighted by atomic mass is 16.2. The van der Waals surface area contributed by atoms with E-state index in [1.54, 1.807) is 24.3 Å². The van der Waals surface area contributed by atoms with E-state index in [4.69, 9.17) is 0 Å². The number of carbonyl (C=O) groups is 3. The third-order valence-corrected chi connectivity index (χ3v) is 4.26. The standard InChI is InChI=1S/C20H21N3O3/c1-12-3-5-15(6-4-12)22-19(25)17-11-18(17)20(26)23-16-9-7-14(8-10-16)21-13(2)24/h3-10,17-18H,11H2,1-2H3,(H,21,24)(H,22,25)(H,23,26). The first-order valence-electron chi connectivity index (χ1n) is 8.48. The molecule has 6 nitrogen and oxygen atoms in total. The topological polar surface area (TPSA) is 87.3 Å². The molecule has 0 aromatic heterocycles. The van der Waals surface area contributed by atoms with Crippen molar-refractivity contribution in [3.63, 3.8) is 0 Å². The summed E-state index contributed by atoms with van der Waals surface area (Å²) in [6.45, 7) is 3.42. The van der Waals surface area contributed by atoms with Crippen LogP contribution in [-0.4, -0.2) is 17.7 Å². The zero-order valence-electron chi connectivity index (χ0n) is 14.7. The van der Waals surface area contributed by atoms with E-state index in [1.165, 1.54) is 6.92 Å². The van der Waals surface area contributed by atoms with Crippen molar-refractivity contribution in [2.45, 2.75) is 20.3 Å². The van der Waals surface area contributed by atoms with Crippen molar-refractivity contribution in [2.75, 3.05) is 16.0 Å². The predicted octanol–water partition coefficient (Wildman–Crippen LogP) is 3.17. The average Bonchev–Trinajstić information content (AvgIpc) is 3.39. The number of carbonyl (C=O) groups excluding carboxylic acids is 3. The molecule has 2 unspecified atom stereocenters. The summed E-state index contributed by atoms with van der Waals surface area (Å²) in [7, 11) is 0. The Hall–Kier alpha value is -3.15. The van der Waals surface area contributed by atoms with Crippen LogP contribution in [-0.2, 0) is 14.4 Å². The van der Waals surface area contributed by atoms with Gasteiger partial charge in [-0.2, -0.15) is 0 Å². The molecule has 2 aromatic rings. The van der Waals surface area contributed by atoms with E-state index in [-0.39, 0.29) is 29.6 Å². The number of rotatable bonds is 5. The van der Waals surface area contributed by atoms with E-state index in [0.717, 1.165) is 11.3 Å². The summed E-state index contributed by atoms with van der Waals surface area (Å²) >= 11 is 0. The Morgan fingerprint density at radius 2 is 1.12 bits per heavy atom. The fraction of sp³-hybridized carbons (Fsp3) is 0.250. The van der Waals surface area contributed by atoms with Crippen LogP contribution >= 0.6 is 0 Å². The number of benzene rings is 2. The van der Waals surface area contributed by atoms with Gasteiger partial charge >= 0.3 is 0 Å². The molecule has 2 aromatic carbocycles. The van der Waals surface area contributed by atoms with Crippen LogP contribution in [0.15, 0.2) is 48.5 Å². The molecule has 1 saturated carbocycles. The number of anilines is 3. The van der Waals surface area contributed by atoms with Gasteiger partial charge in [-0.25, -0.2) is 0 Å². The highest BCUT2D eigenvalue weighted by Gasteiger charge is 2.48. The zero-order valence-corrected chi connectivity index (χ0v) is 14.7. The first-order chi connectivity index (χ1) is 12.4. The Morgan fingerprint density at radius 3 is 1.54 bits per heavy atom. The molecule has 3 rings (SSSR count). The van der Waals surface area contributed by atoms with Crippen molar-refractivity contribution in [1.29, 1.82) is 0 Å². The maximum atomic E-state index is 12.3. The van der Waals surface area contributed by atoms with Gasteiger partial charge in [-0.15, -0.1) is 0 Å². The summed E-state index contributed by atoms with van der Waals surface area (Å²) in [5, 5.41) is 8.32. The zero-order chi connectivity index (χ0) is 18.7. The van der Waals surface area contributed by atoms with Gasteiger partial charge in [0.05, 0.1) is 11.8 Å². The summed E-state index contributed by atoms with van der Waals surface area (Å²) in [4.78, 5) is 35.5. The fourth-order valence-electron chi connectivity index (χ4n) is 2.72. The van der Waals surface area contributed by atoms with Gasteiger partial charge in [-0.05, 0) is 49.7 Å². The Balaban J connectivity index is 1.51. The maximum Gasteiger partial charge on any atom is 0.228 e. The number of hydrogen-bond acceptors (Lipinski definition) is 3. The summed E-state index contributed by atoms with van der Waals surface area (Å²) in [5.41, 5.74) is 3.15. The molecule has 134 valence electrons. The monoisotopic (exact) mass is 351 g/mol. The summed E-state index contributed by atoms with van der Waals surface area (Å²) in [6.07, 6.45) is 0.549. The minimum Gasteiger partial charge on any atom is -0.326 e. The van der Waals surface area contributed by atoms with Crippen LogP contribution in [0, 0.1) is 18.8 Å². The molecule has 0 spiro atoms. The smallest absolute Gasteiger partial charge is 0.228 e. The van der Waals surface area contributed by atoms with Crippen molar-refractivity contribution in [1.82, 2.24) is 0 Å². The average molecular weight is 351 g/mol. The van der Waals surface area contributed by atoms with Crippen LogP contribution in [0.2, 0.25) is 0 Å². The lowest BCUT2D eigenvalue weighted by molar-refractivity contribution is -0.122. The molecule has 3 N–H and O–H groups in total. The van der Waals surface area contributed by atoms with E-state index in [1.807, 2.05) is 31.2 Å². The molecule has 1 fully saturated rings. The fourth-order valence-corrected chi connectivity index (χ4v) is 2.72. The van der Waals surface area contributed by atoms with Crippen molar-refractivity contribution >= 4 is 34.8 Å². The second-order valence-electron chi connectivity index (χ2n) is 6.55. The second-order valence-corrected chi connectivity index (χ2v) is 6.55. The Bertz CT molecular complexity index is 828. The third kappa shape index (κ3) is 4.47. The van der Waals surface area contributed by atoms with Crippen molar-refractivity contribution in [3.8, 4) is 0 Å². The van der Waals surface area contributed by atoms with E-state index < -0.39 is 0 Å². The molecule has 6 heteroatoms. The van der Waals surface area contributed by atoms with Gasteiger partial charge in [-0.3, -0.25) is 14.4 Å². The molecular formula is C20H21N3O3. The highest BCUT2D eigenvalue weighted by molar-refractivity contribution is 6.03. The summed E-state index contributed by atoms with van der Waals surface area (Å²) in [6, 6.07) is 14.4. The molecule has 0 heterocycles. The van der Waals surface area contributed by atoms with Crippen LogP contribution < -0.4 is 16.0 Å². The minimum atomic E-state index is -0.310. The molecule has 0 bridgehead atoms. The van der Waals surface area contributed by atoms with Gasteiger partial charge in [0.15, 0.2) is 0 Å². The SMILES string of the molecule is CC(=O)Nc1ccc(NC(=O)C2CC2C(=O)Nc2ccc(C)cc2)cc1. The molecule has 0 radical (unpaired) electrons. The lowest BCUT2D eigenvalue weighted by Gasteiger charge is -2.07. The van der Waals surface area contributed by atoms with Gasteiger partial charge in [0.2, 0.25) is 17.7 Å². The van der Waals surface area contributed by atoms with Crippen molar-refractivity contribution in [3.05, 3.63) is 54.1 Å². The van der Waals surface area contributed by atoms with E-state index >= 15 is 0 Å². The number of hydrogen-bond donors (Lipinski definition) is 3. The normalized spacial score (nSPS) is 17.9. The van der Waals surface area contributed by atoms with Gasteiger partial charge < -0.3 is 16.0 Å². The van der Waals surface area contributed by atoms with Crippen molar-refractivity contribution < 1.29 is 14.4 Å². The number of amides is 3. The van der Waals surface area contributed by atoms with Crippen molar-refractivity contribution in [2.24, 2.45) is 11.8 Å². The van der Waals surface area contributed by atoms with E-state index in [9.17, 15) is 14.4 Å². The minimum absolute atomic E-state index is 0.130. The summed E-state index contributed by atoms with van der Waals surface area (Å²) in [5.74, 6) is -1.05. The molecular weight excluding hydrogens is 330 g/mol. The quantitative estimate of drug-likeness (QED) is 0.773. The number of nitrogens with one attached hydrogen (secondary N) is 3. The first-order valence-corrected chi connectivity index (χ1v) is 8.48. The Morgan fingerprint density at radius 1 is 0.731 bits per heavy atom. The largest absolute Gasteiger partial charge is 0.326 e. The number of aryl methyl sites for hydroxylation is 1. The van der Waals surface area contributed by atoms with Crippen LogP contribution in [0.25, 0.3) is 0 Å².